The van der Waals surface area contributed by atoms with Crippen molar-refractivity contribution in [1.29, 1.82) is 0 Å². The predicted octanol–water partition coefficient (Wildman–Crippen LogP) is 2.81. The summed E-state index contributed by atoms with van der Waals surface area (Å²) in [5.41, 5.74) is 0. The maximum absolute atomic E-state index is 5.80. The summed E-state index contributed by atoms with van der Waals surface area (Å²) in [6, 6.07) is 0.461. The maximum Gasteiger partial charge on any atom is 0.0377 e. The lowest BCUT2D eigenvalue weighted by Crippen LogP contribution is -2.32. The fourth-order valence-electron chi connectivity index (χ4n) is 1.12. The Kier molecular flexibility index (Phi) is 7.62. The number of allylic oxidation sites excluding steroid dienone is 1. The van der Waals surface area contributed by atoms with Gasteiger partial charge in [-0.3, -0.25) is 0 Å². The molecule has 0 fully saturated rings. The van der Waals surface area contributed by atoms with Crippen LogP contribution in [0.2, 0.25) is 0 Å². The van der Waals surface area contributed by atoms with Crippen molar-refractivity contribution in [2.45, 2.75) is 33.2 Å². The average Bonchev–Trinajstić information content (AvgIpc) is 2.02. The summed E-state index contributed by atoms with van der Waals surface area (Å²) >= 11 is 5.80. The first kappa shape index (κ1) is 12.0. The van der Waals surface area contributed by atoms with Gasteiger partial charge in [-0.2, -0.15) is 0 Å². The van der Waals surface area contributed by atoms with Gasteiger partial charge in [0.15, 0.2) is 0 Å². The third-order valence-corrected chi connectivity index (χ3v) is 2.07. The van der Waals surface area contributed by atoms with Gasteiger partial charge in [-0.05, 0) is 19.3 Å². The molecule has 0 rings (SSSR count). The first-order chi connectivity index (χ1) is 5.70. The van der Waals surface area contributed by atoms with E-state index in [9.17, 15) is 0 Å². The Hall–Kier alpha value is -0.0100. The van der Waals surface area contributed by atoms with E-state index in [1.54, 1.807) is 0 Å². The lowest BCUT2D eigenvalue weighted by Gasteiger charge is -2.16. The van der Waals surface area contributed by atoms with Gasteiger partial charge < -0.3 is 5.32 Å². The van der Waals surface area contributed by atoms with Crippen LogP contribution in [0.3, 0.4) is 0 Å². The summed E-state index contributed by atoms with van der Waals surface area (Å²) in [6.07, 6.45) is 5.31. The molecule has 1 nitrogen and oxygen atoms in total. The molecule has 0 aromatic heterocycles. The van der Waals surface area contributed by atoms with Gasteiger partial charge in [0.1, 0.15) is 0 Å². The molecule has 0 saturated carbocycles. The lowest BCUT2D eigenvalue weighted by molar-refractivity contribution is 0.461. The zero-order valence-electron chi connectivity index (χ0n) is 8.31. The van der Waals surface area contributed by atoms with Gasteiger partial charge in [0.25, 0.3) is 0 Å². The van der Waals surface area contributed by atoms with Crippen LogP contribution in [0.1, 0.15) is 27.2 Å². The first-order valence-electron chi connectivity index (χ1n) is 4.61. The lowest BCUT2D eigenvalue weighted by atomic mass is 10.1. The van der Waals surface area contributed by atoms with Gasteiger partial charge >= 0.3 is 0 Å². The third-order valence-electron chi connectivity index (χ3n) is 1.70. The molecule has 0 radical (unpaired) electrons. The number of halogens is 1. The standard InChI is InChI=1S/C10H20ClN/c1-4-5-6-12-10(8-11)7-9(2)3/h4-5,9-10,12H,6-8H2,1-3H3/b5-4+. The topological polar surface area (TPSA) is 12.0 Å². The van der Waals surface area contributed by atoms with E-state index in [0.717, 1.165) is 13.0 Å². The van der Waals surface area contributed by atoms with Crippen LogP contribution < -0.4 is 5.32 Å². The minimum absolute atomic E-state index is 0.461. The Labute approximate surface area is 81.2 Å². The molecule has 0 aliphatic carbocycles. The normalized spacial score (nSPS) is 14.4. The summed E-state index contributed by atoms with van der Waals surface area (Å²) in [5, 5.41) is 3.38. The Morgan fingerprint density at radius 3 is 2.50 bits per heavy atom. The number of hydrogen-bond donors (Lipinski definition) is 1. The summed E-state index contributed by atoms with van der Waals surface area (Å²) in [6.45, 7) is 7.40. The van der Waals surface area contributed by atoms with Crippen LogP contribution in [0.25, 0.3) is 0 Å². The zero-order chi connectivity index (χ0) is 9.40. The van der Waals surface area contributed by atoms with Crippen LogP contribution in [0.4, 0.5) is 0 Å². The van der Waals surface area contributed by atoms with E-state index in [4.69, 9.17) is 11.6 Å². The van der Waals surface area contributed by atoms with Gasteiger partial charge in [0.2, 0.25) is 0 Å². The van der Waals surface area contributed by atoms with Crippen LogP contribution in [-0.2, 0) is 0 Å². The van der Waals surface area contributed by atoms with Crippen molar-refractivity contribution in [3.05, 3.63) is 12.2 Å². The highest BCUT2D eigenvalue weighted by atomic mass is 35.5. The van der Waals surface area contributed by atoms with Crippen molar-refractivity contribution in [2.75, 3.05) is 12.4 Å². The van der Waals surface area contributed by atoms with Crippen LogP contribution in [0.15, 0.2) is 12.2 Å². The number of rotatable bonds is 6. The highest BCUT2D eigenvalue weighted by molar-refractivity contribution is 6.18. The third kappa shape index (κ3) is 6.68. The second kappa shape index (κ2) is 7.63. The molecule has 12 heavy (non-hydrogen) atoms. The Morgan fingerprint density at radius 1 is 1.42 bits per heavy atom. The molecule has 0 bridgehead atoms. The van der Waals surface area contributed by atoms with Crippen molar-refractivity contribution in [3.8, 4) is 0 Å². The molecule has 1 unspecified atom stereocenters. The van der Waals surface area contributed by atoms with Crippen molar-refractivity contribution in [1.82, 2.24) is 5.32 Å². The molecule has 72 valence electrons. The van der Waals surface area contributed by atoms with E-state index in [1.807, 2.05) is 13.0 Å². The van der Waals surface area contributed by atoms with Gasteiger partial charge in [0, 0.05) is 18.5 Å². The van der Waals surface area contributed by atoms with Crippen molar-refractivity contribution in [3.63, 3.8) is 0 Å². The number of hydrogen-bond acceptors (Lipinski definition) is 1. The molecular weight excluding hydrogens is 170 g/mol. The van der Waals surface area contributed by atoms with Crippen LogP contribution in [0.5, 0.6) is 0 Å². The molecule has 1 atom stereocenters. The summed E-state index contributed by atoms with van der Waals surface area (Å²) in [5.74, 6) is 1.42. The second-order valence-electron chi connectivity index (χ2n) is 3.46. The Morgan fingerprint density at radius 2 is 2.08 bits per heavy atom. The minimum atomic E-state index is 0.461. The predicted molar refractivity (Wildman–Crippen MR) is 56.8 cm³/mol. The molecule has 0 spiro atoms. The number of alkyl halides is 1. The summed E-state index contributed by atoms with van der Waals surface area (Å²) < 4.78 is 0. The Balaban J connectivity index is 3.52. The molecule has 0 aliphatic heterocycles. The number of nitrogens with one attached hydrogen (secondary N) is 1. The summed E-state index contributed by atoms with van der Waals surface area (Å²) in [7, 11) is 0. The molecule has 2 heteroatoms. The van der Waals surface area contributed by atoms with Crippen molar-refractivity contribution < 1.29 is 0 Å². The quantitative estimate of drug-likeness (QED) is 0.501. The van der Waals surface area contributed by atoms with E-state index in [-0.39, 0.29) is 0 Å². The maximum atomic E-state index is 5.80. The van der Waals surface area contributed by atoms with Crippen molar-refractivity contribution in [2.24, 2.45) is 5.92 Å². The van der Waals surface area contributed by atoms with E-state index in [0.29, 0.717) is 17.8 Å². The molecule has 0 amide bonds. The van der Waals surface area contributed by atoms with E-state index in [1.165, 1.54) is 0 Å². The minimum Gasteiger partial charge on any atom is -0.309 e. The average molecular weight is 190 g/mol. The zero-order valence-corrected chi connectivity index (χ0v) is 9.06. The molecule has 0 aromatic rings. The fraction of sp³-hybridized carbons (Fsp3) is 0.800. The molecular formula is C10H20ClN. The van der Waals surface area contributed by atoms with Gasteiger partial charge in [-0.1, -0.05) is 26.0 Å². The molecule has 0 heterocycles. The highest BCUT2D eigenvalue weighted by Gasteiger charge is 2.06. The monoisotopic (exact) mass is 189 g/mol. The van der Waals surface area contributed by atoms with E-state index in [2.05, 4.69) is 25.2 Å². The Bertz CT molecular complexity index is 121. The first-order valence-corrected chi connectivity index (χ1v) is 5.14. The molecule has 0 saturated heterocycles. The highest BCUT2D eigenvalue weighted by Crippen LogP contribution is 2.05. The molecule has 0 aliphatic rings. The molecule has 0 aromatic carbocycles. The van der Waals surface area contributed by atoms with Crippen LogP contribution >= 0.6 is 11.6 Å². The van der Waals surface area contributed by atoms with Gasteiger partial charge in [-0.15, -0.1) is 11.6 Å². The largest absolute Gasteiger partial charge is 0.309 e. The van der Waals surface area contributed by atoms with Crippen molar-refractivity contribution >= 4 is 11.6 Å². The second-order valence-corrected chi connectivity index (χ2v) is 3.77. The van der Waals surface area contributed by atoms with Gasteiger partial charge in [0.05, 0.1) is 0 Å². The summed E-state index contributed by atoms with van der Waals surface area (Å²) in [4.78, 5) is 0. The van der Waals surface area contributed by atoms with E-state index >= 15 is 0 Å². The smallest absolute Gasteiger partial charge is 0.0377 e. The fourth-order valence-corrected chi connectivity index (χ4v) is 1.36. The van der Waals surface area contributed by atoms with E-state index < -0.39 is 0 Å². The molecule has 1 N–H and O–H groups in total. The SMILES string of the molecule is C/C=C/CNC(CCl)CC(C)C. The van der Waals surface area contributed by atoms with Crippen LogP contribution in [0, 0.1) is 5.92 Å². The van der Waals surface area contributed by atoms with Crippen LogP contribution in [-0.4, -0.2) is 18.5 Å². The van der Waals surface area contributed by atoms with Gasteiger partial charge in [-0.25, -0.2) is 0 Å².